The molecule has 0 aliphatic rings. The lowest BCUT2D eigenvalue weighted by molar-refractivity contribution is 0.434. The first-order valence-electron chi connectivity index (χ1n) is 6.55. The van der Waals surface area contributed by atoms with E-state index in [1.165, 1.54) is 11.1 Å². The normalized spacial score (nSPS) is 14.4. The smallest absolute Gasteiger partial charge is 0.0130 e. The zero-order valence-corrected chi connectivity index (χ0v) is 11.1. The highest BCUT2D eigenvalue weighted by molar-refractivity contribution is 5.33. The number of benzene rings is 2. The van der Waals surface area contributed by atoms with Gasteiger partial charge in [-0.05, 0) is 24.0 Å². The minimum Gasteiger partial charge on any atom is -0.328 e. The summed E-state index contributed by atoms with van der Waals surface area (Å²) in [6.45, 7) is 4.32. The Hall–Kier alpha value is -1.60. The monoisotopic (exact) mass is 239 g/mol. The summed E-state index contributed by atoms with van der Waals surface area (Å²) in [5.41, 5.74) is 8.79. The highest BCUT2D eigenvalue weighted by Crippen LogP contribution is 2.33. The van der Waals surface area contributed by atoms with E-state index in [1.807, 2.05) is 0 Å². The summed E-state index contributed by atoms with van der Waals surface area (Å²) in [6.07, 6.45) is 0. The minimum atomic E-state index is 0.176. The lowest BCUT2D eigenvalue weighted by atomic mass is 9.79. The molecule has 0 aliphatic heterocycles. The predicted octanol–water partition coefficient (Wildman–Crippen LogP) is 3.80. The Morgan fingerprint density at radius 2 is 1.11 bits per heavy atom. The topological polar surface area (TPSA) is 26.0 Å². The van der Waals surface area contributed by atoms with Gasteiger partial charge in [0, 0.05) is 12.0 Å². The largest absolute Gasteiger partial charge is 0.328 e. The third-order valence-corrected chi connectivity index (χ3v) is 3.67. The van der Waals surface area contributed by atoms with Gasteiger partial charge in [-0.25, -0.2) is 0 Å². The van der Waals surface area contributed by atoms with Crippen molar-refractivity contribution in [1.29, 1.82) is 0 Å². The Balaban J connectivity index is 2.42. The molecule has 0 aromatic heterocycles. The van der Waals surface area contributed by atoms with Crippen LogP contribution in [0.3, 0.4) is 0 Å². The Morgan fingerprint density at radius 1 is 0.722 bits per heavy atom. The lowest BCUT2D eigenvalue weighted by Crippen LogP contribution is -2.29. The summed E-state index contributed by atoms with van der Waals surface area (Å²) >= 11 is 0. The van der Waals surface area contributed by atoms with E-state index >= 15 is 0 Å². The standard InChI is InChI=1S/C17H21N/c1-13(14(2)18)17(15-9-5-3-6-10-15)16-11-7-4-8-12-16/h3-14,17H,18H2,1-2H3/t13-,14-/m1/s1. The first-order valence-corrected chi connectivity index (χ1v) is 6.55. The van der Waals surface area contributed by atoms with Crippen LogP contribution in [-0.4, -0.2) is 6.04 Å². The molecule has 0 radical (unpaired) electrons. The fourth-order valence-corrected chi connectivity index (χ4v) is 2.42. The predicted molar refractivity (Wildman–Crippen MR) is 77.5 cm³/mol. The summed E-state index contributed by atoms with van der Waals surface area (Å²) in [7, 11) is 0. The molecular weight excluding hydrogens is 218 g/mol. The van der Waals surface area contributed by atoms with Crippen LogP contribution in [0.1, 0.15) is 30.9 Å². The highest BCUT2D eigenvalue weighted by atomic mass is 14.6. The van der Waals surface area contributed by atoms with Gasteiger partial charge in [-0.15, -0.1) is 0 Å². The summed E-state index contributed by atoms with van der Waals surface area (Å²) < 4.78 is 0. The summed E-state index contributed by atoms with van der Waals surface area (Å²) in [4.78, 5) is 0. The van der Waals surface area contributed by atoms with Gasteiger partial charge in [0.1, 0.15) is 0 Å². The Morgan fingerprint density at radius 3 is 1.44 bits per heavy atom. The lowest BCUT2D eigenvalue weighted by Gasteiger charge is -2.28. The van der Waals surface area contributed by atoms with Crippen LogP contribution in [0, 0.1) is 5.92 Å². The van der Waals surface area contributed by atoms with Gasteiger partial charge in [0.15, 0.2) is 0 Å². The van der Waals surface area contributed by atoms with Crippen molar-refractivity contribution >= 4 is 0 Å². The maximum atomic E-state index is 6.11. The van der Waals surface area contributed by atoms with Crippen molar-refractivity contribution in [3.8, 4) is 0 Å². The van der Waals surface area contributed by atoms with Gasteiger partial charge in [0.25, 0.3) is 0 Å². The van der Waals surface area contributed by atoms with E-state index in [9.17, 15) is 0 Å². The molecule has 0 saturated carbocycles. The van der Waals surface area contributed by atoms with Crippen LogP contribution in [0.25, 0.3) is 0 Å². The van der Waals surface area contributed by atoms with E-state index in [-0.39, 0.29) is 6.04 Å². The Kier molecular flexibility index (Phi) is 4.16. The van der Waals surface area contributed by atoms with E-state index in [4.69, 9.17) is 5.73 Å². The molecule has 0 spiro atoms. The fourth-order valence-electron chi connectivity index (χ4n) is 2.42. The molecule has 0 amide bonds. The molecule has 0 fully saturated rings. The molecule has 2 rings (SSSR count). The number of hydrogen-bond donors (Lipinski definition) is 1. The van der Waals surface area contributed by atoms with Gasteiger partial charge < -0.3 is 5.73 Å². The van der Waals surface area contributed by atoms with Crippen LogP contribution in [0.4, 0.5) is 0 Å². The van der Waals surface area contributed by atoms with Crippen LogP contribution in [0.2, 0.25) is 0 Å². The van der Waals surface area contributed by atoms with Gasteiger partial charge in [-0.3, -0.25) is 0 Å². The van der Waals surface area contributed by atoms with E-state index in [2.05, 4.69) is 74.5 Å². The fraction of sp³-hybridized carbons (Fsp3) is 0.294. The molecule has 1 heteroatoms. The molecule has 2 aromatic rings. The number of rotatable bonds is 4. The summed E-state index contributed by atoms with van der Waals surface area (Å²) in [6, 6.07) is 21.4. The molecular formula is C17H21N. The maximum Gasteiger partial charge on any atom is 0.0130 e. The van der Waals surface area contributed by atoms with Gasteiger partial charge in [0.05, 0.1) is 0 Å². The van der Waals surface area contributed by atoms with Crippen LogP contribution in [0.15, 0.2) is 60.7 Å². The van der Waals surface area contributed by atoms with Crippen LogP contribution in [-0.2, 0) is 0 Å². The first-order chi connectivity index (χ1) is 8.70. The SMILES string of the molecule is C[C@@H](N)[C@@H](C)C(c1ccccc1)c1ccccc1. The third kappa shape index (κ3) is 2.80. The summed E-state index contributed by atoms with van der Waals surface area (Å²) in [5, 5.41) is 0. The molecule has 2 N–H and O–H groups in total. The molecule has 0 heterocycles. The van der Waals surface area contributed by atoms with Crippen molar-refractivity contribution in [3.63, 3.8) is 0 Å². The Labute approximate surface area is 110 Å². The average Bonchev–Trinajstić information content (AvgIpc) is 2.41. The molecule has 18 heavy (non-hydrogen) atoms. The van der Waals surface area contributed by atoms with Crippen molar-refractivity contribution in [1.82, 2.24) is 0 Å². The van der Waals surface area contributed by atoms with Crippen molar-refractivity contribution in [2.24, 2.45) is 11.7 Å². The molecule has 2 aromatic carbocycles. The second-order valence-electron chi connectivity index (χ2n) is 5.02. The molecule has 0 aliphatic carbocycles. The zero-order chi connectivity index (χ0) is 13.0. The van der Waals surface area contributed by atoms with Gasteiger partial charge in [0.2, 0.25) is 0 Å². The molecule has 0 saturated heterocycles. The van der Waals surface area contributed by atoms with Crippen LogP contribution >= 0.6 is 0 Å². The van der Waals surface area contributed by atoms with E-state index in [1.54, 1.807) is 0 Å². The second kappa shape index (κ2) is 5.83. The highest BCUT2D eigenvalue weighted by Gasteiger charge is 2.23. The van der Waals surface area contributed by atoms with E-state index in [0.29, 0.717) is 11.8 Å². The van der Waals surface area contributed by atoms with Gasteiger partial charge in [-0.1, -0.05) is 67.6 Å². The number of nitrogens with two attached hydrogens (primary N) is 1. The second-order valence-corrected chi connectivity index (χ2v) is 5.02. The molecule has 94 valence electrons. The number of hydrogen-bond acceptors (Lipinski definition) is 1. The quantitative estimate of drug-likeness (QED) is 0.862. The Bertz CT molecular complexity index is 422. The van der Waals surface area contributed by atoms with Crippen molar-refractivity contribution in [3.05, 3.63) is 71.8 Å². The van der Waals surface area contributed by atoms with Gasteiger partial charge >= 0.3 is 0 Å². The molecule has 0 bridgehead atoms. The molecule has 2 atom stereocenters. The average molecular weight is 239 g/mol. The summed E-state index contributed by atoms with van der Waals surface area (Å²) in [5.74, 6) is 0.780. The van der Waals surface area contributed by atoms with Crippen molar-refractivity contribution in [2.75, 3.05) is 0 Å². The van der Waals surface area contributed by atoms with Crippen LogP contribution < -0.4 is 5.73 Å². The molecule has 1 nitrogen and oxygen atoms in total. The van der Waals surface area contributed by atoms with Crippen LogP contribution in [0.5, 0.6) is 0 Å². The first kappa shape index (κ1) is 12.8. The third-order valence-electron chi connectivity index (χ3n) is 3.67. The maximum absolute atomic E-state index is 6.11. The van der Waals surface area contributed by atoms with Crippen molar-refractivity contribution < 1.29 is 0 Å². The molecule has 0 unspecified atom stereocenters. The van der Waals surface area contributed by atoms with Crippen molar-refractivity contribution in [2.45, 2.75) is 25.8 Å². The zero-order valence-electron chi connectivity index (χ0n) is 11.1. The van der Waals surface area contributed by atoms with Gasteiger partial charge in [-0.2, -0.15) is 0 Å². The minimum absolute atomic E-state index is 0.176. The van der Waals surface area contributed by atoms with E-state index in [0.717, 1.165) is 0 Å². The van der Waals surface area contributed by atoms with E-state index < -0.39 is 0 Å².